The van der Waals surface area contributed by atoms with Gasteiger partial charge in [-0.05, 0) is 47.2 Å². The van der Waals surface area contributed by atoms with Gasteiger partial charge in [-0.1, -0.05) is 41.9 Å². The van der Waals surface area contributed by atoms with Gasteiger partial charge in [0.1, 0.15) is 0 Å². The maximum atomic E-state index is 9.07. The molecule has 0 spiro atoms. The SMILES string of the molecule is OCc1ccc(C2CCc3ccc(Cl)cc32)cc1. The summed E-state index contributed by atoms with van der Waals surface area (Å²) < 4.78 is 0. The minimum atomic E-state index is 0.105. The predicted octanol–water partition coefficient (Wildman–Crippen LogP) is 3.91. The molecule has 1 unspecified atom stereocenters. The van der Waals surface area contributed by atoms with Crippen molar-refractivity contribution in [2.24, 2.45) is 0 Å². The van der Waals surface area contributed by atoms with Crippen LogP contribution in [0.25, 0.3) is 0 Å². The largest absolute Gasteiger partial charge is 0.392 e. The molecule has 0 aliphatic heterocycles. The van der Waals surface area contributed by atoms with Crippen molar-refractivity contribution in [2.45, 2.75) is 25.4 Å². The molecular formula is C16H15ClO. The molecule has 0 amide bonds. The van der Waals surface area contributed by atoms with Gasteiger partial charge in [0, 0.05) is 10.9 Å². The van der Waals surface area contributed by atoms with Crippen molar-refractivity contribution >= 4 is 11.6 Å². The molecule has 2 aromatic rings. The molecule has 18 heavy (non-hydrogen) atoms. The second-order valence-electron chi connectivity index (χ2n) is 4.83. The zero-order valence-corrected chi connectivity index (χ0v) is 10.8. The van der Waals surface area contributed by atoms with Gasteiger partial charge in [-0.25, -0.2) is 0 Å². The highest BCUT2D eigenvalue weighted by Gasteiger charge is 2.23. The highest BCUT2D eigenvalue weighted by Crippen LogP contribution is 2.39. The first-order valence-corrected chi connectivity index (χ1v) is 6.64. The Morgan fingerprint density at radius 2 is 1.89 bits per heavy atom. The molecule has 1 aliphatic rings. The average molecular weight is 259 g/mol. The van der Waals surface area contributed by atoms with Crippen LogP contribution in [0.5, 0.6) is 0 Å². The van der Waals surface area contributed by atoms with E-state index in [2.05, 4.69) is 24.3 Å². The number of hydrogen-bond acceptors (Lipinski definition) is 1. The number of benzene rings is 2. The van der Waals surface area contributed by atoms with Crippen LogP contribution in [-0.2, 0) is 13.0 Å². The predicted molar refractivity (Wildman–Crippen MR) is 74.0 cm³/mol. The number of halogens is 1. The average Bonchev–Trinajstić information content (AvgIpc) is 2.82. The quantitative estimate of drug-likeness (QED) is 0.866. The molecule has 0 saturated carbocycles. The molecule has 0 aromatic heterocycles. The van der Waals surface area contributed by atoms with Crippen molar-refractivity contribution in [1.29, 1.82) is 0 Å². The number of aliphatic hydroxyl groups excluding tert-OH is 1. The zero-order valence-electron chi connectivity index (χ0n) is 10.1. The van der Waals surface area contributed by atoms with E-state index in [4.69, 9.17) is 16.7 Å². The minimum Gasteiger partial charge on any atom is -0.392 e. The van der Waals surface area contributed by atoms with Gasteiger partial charge in [-0.15, -0.1) is 0 Å². The summed E-state index contributed by atoms with van der Waals surface area (Å²) in [5.74, 6) is 0.450. The molecule has 0 bridgehead atoms. The molecule has 0 radical (unpaired) electrons. The fraction of sp³-hybridized carbons (Fsp3) is 0.250. The van der Waals surface area contributed by atoms with E-state index >= 15 is 0 Å². The van der Waals surface area contributed by atoms with E-state index in [0.717, 1.165) is 23.4 Å². The van der Waals surface area contributed by atoms with Crippen molar-refractivity contribution in [1.82, 2.24) is 0 Å². The van der Waals surface area contributed by atoms with E-state index < -0.39 is 0 Å². The third-order valence-corrected chi connectivity index (χ3v) is 3.99. The highest BCUT2D eigenvalue weighted by molar-refractivity contribution is 6.30. The highest BCUT2D eigenvalue weighted by atomic mass is 35.5. The van der Waals surface area contributed by atoms with Crippen LogP contribution < -0.4 is 0 Å². The van der Waals surface area contributed by atoms with Gasteiger partial charge in [-0.2, -0.15) is 0 Å². The first-order chi connectivity index (χ1) is 8.78. The van der Waals surface area contributed by atoms with Crippen molar-refractivity contribution < 1.29 is 5.11 Å². The lowest BCUT2D eigenvalue weighted by molar-refractivity contribution is 0.282. The van der Waals surface area contributed by atoms with Crippen LogP contribution in [0.15, 0.2) is 42.5 Å². The Kier molecular flexibility index (Phi) is 3.11. The number of aliphatic hydroxyl groups is 1. The molecule has 0 heterocycles. The Bertz CT molecular complexity index is 560. The fourth-order valence-corrected chi connectivity index (χ4v) is 2.96. The topological polar surface area (TPSA) is 20.2 Å². The molecule has 0 fully saturated rings. The van der Waals surface area contributed by atoms with Gasteiger partial charge in [0.2, 0.25) is 0 Å². The van der Waals surface area contributed by atoms with Crippen LogP contribution in [0.1, 0.15) is 34.6 Å². The second-order valence-corrected chi connectivity index (χ2v) is 5.27. The smallest absolute Gasteiger partial charge is 0.0681 e. The molecule has 1 nitrogen and oxygen atoms in total. The van der Waals surface area contributed by atoms with Crippen LogP contribution in [0.2, 0.25) is 5.02 Å². The lowest BCUT2D eigenvalue weighted by Crippen LogP contribution is -1.96. The fourth-order valence-electron chi connectivity index (χ4n) is 2.77. The lowest BCUT2D eigenvalue weighted by atomic mass is 9.92. The Morgan fingerprint density at radius 1 is 1.11 bits per heavy atom. The van der Waals surface area contributed by atoms with Crippen LogP contribution in [0.4, 0.5) is 0 Å². The van der Waals surface area contributed by atoms with Crippen molar-refractivity contribution in [3.63, 3.8) is 0 Å². The zero-order chi connectivity index (χ0) is 12.5. The maximum absolute atomic E-state index is 9.07. The summed E-state index contributed by atoms with van der Waals surface area (Å²) in [5, 5.41) is 9.88. The molecule has 1 N–H and O–H groups in total. The summed E-state index contributed by atoms with van der Waals surface area (Å²) in [5.41, 5.74) is 5.05. The van der Waals surface area contributed by atoms with Gasteiger partial charge in [0.15, 0.2) is 0 Å². The van der Waals surface area contributed by atoms with Gasteiger partial charge < -0.3 is 5.11 Å². The minimum absolute atomic E-state index is 0.105. The van der Waals surface area contributed by atoms with E-state index in [9.17, 15) is 0 Å². The number of aryl methyl sites for hydroxylation is 1. The standard InChI is InChI=1S/C16H15ClO/c17-14-7-5-13-6-8-15(16(13)9-14)12-3-1-11(10-18)2-4-12/h1-5,7,9,15,18H,6,8,10H2. The first-order valence-electron chi connectivity index (χ1n) is 6.26. The molecule has 2 aromatic carbocycles. The van der Waals surface area contributed by atoms with Crippen molar-refractivity contribution in [3.05, 3.63) is 69.7 Å². The number of rotatable bonds is 2. The van der Waals surface area contributed by atoms with E-state index in [1.165, 1.54) is 16.7 Å². The molecular weight excluding hydrogens is 244 g/mol. The van der Waals surface area contributed by atoms with Gasteiger partial charge >= 0.3 is 0 Å². The molecule has 1 atom stereocenters. The van der Waals surface area contributed by atoms with Crippen molar-refractivity contribution in [2.75, 3.05) is 0 Å². The number of hydrogen-bond donors (Lipinski definition) is 1. The molecule has 0 saturated heterocycles. The van der Waals surface area contributed by atoms with Gasteiger partial charge in [-0.3, -0.25) is 0 Å². The summed E-state index contributed by atoms with van der Waals surface area (Å²) in [6.45, 7) is 0.105. The lowest BCUT2D eigenvalue weighted by Gasteiger charge is -2.13. The van der Waals surface area contributed by atoms with Crippen LogP contribution in [-0.4, -0.2) is 5.11 Å². The summed E-state index contributed by atoms with van der Waals surface area (Å²) in [4.78, 5) is 0. The molecule has 1 aliphatic carbocycles. The summed E-state index contributed by atoms with van der Waals surface area (Å²) in [6.07, 6.45) is 2.27. The summed E-state index contributed by atoms with van der Waals surface area (Å²) in [6, 6.07) is 14.4. The summed E-state index contributed by atoms with van der Waals surface area (Å²) >= 11 is 6.09. The molecule has 92 valence electrons. The summed E-state index contributed by atoms with van der Waals surface area (Å²) in [7, 11) is 0. The third-order valence-electron chi connectivity index (χ3n) is 3.75. The van der Waals surface area contributed by atoms with E-state index in [0.29, 0.717) is 5.92 Å². The van der Waals surface area contributed by atoms with Crippen LogP contribution in [0.3, 0.4) is 0 Å². The first kappa shape index (κ1) is 11.8. The van der Waals surface area contributed by atoms with Crippen LogP contribution in [0, 0.1) is 0 Å². The van der Waals surface area contributed by atoms with Gasteiger partial charge in [0.05, 0.1) is 6.61 Å². The van der Waals surface area contributed by atoms with Gasteiger partial charge in [0.25, 0.3) is 0 Å². The second kappa shape index (κ2) is 4.75. The Morgan fingerprint density at radius 3 is 2.61 bits per heavy atom. The monoisotopic (exact) mass is 258 g/mol. The van der Waals surface area contributed by atoms with E-state index in [1.54, 1.807) is 0 Å². The molecule has 2 heteroatoms. The Labute approximate surface area is 112 Å². The van der Waals surface area contributed by atoms with Crippen LogP contribution >= 0.6 is 11.6 Å². The van der Waals surface area contributed by atoms with Crippen molar-refractivity contribution in [3.8, 4) is 0 Å². The number of fused-ring (bicyclic) bond motifs is 1. The van der Waals surface area contributed by atoms with E-state index in [1.807, 2.05) is 18.2 Å². The normalized spacial score (nSPS) is 17.8. The Balaban J connectivity index is 1.97. The van der Waals surface area contributed by atoms with E-state index in [-0.39, 0.29) is 6.61 Å². The molecule has 3 rings (SSSR count). The Hall–Kier alpha value is -1.31. The third kappa shape index (κ3) is 2.05. The maximum Gasteiger partial charge on any atom is 0.0681 e.